The van der Waals surface area contributed by atoms with Gasteiger partial charge in [0, 0.05) is 19.8 Å². The van der Waals surface area contributed by atoms with Crippen LogP contribution in [0.1, 0.15) is 31.2 Å². The van der Waals surface area contributed by atoms with Crippen LogP contribution in [0.4, 0.5) is 0 Å². The molecular formula is C16H24O4. The Morgan fingerprint density at radius 3 is 2.75 bits per heavy atom. The van der Waals surface area contributed by atoms with Crippen molar-refractivity contribution in [1.82, 2.24) is 0 Å². The van der Waals surface area contributed by atoms with E-state index in [0.29, 0.717) is 19.6 Å². The minimum absolute atomic E-state index is 0.177. The van der Waals surface area contributed by atoms with Gasteiger partial charge in [0.15, 0.2) is 0 Å². The predicted octanol–water partition coefficient (Wildman–Crippen LogP) is 2.49. The summed E-state index contributed by atoms with van der Waals surface area (Å²) in [5.41, 5.74) is -0.140. The van der Waals surface area contributed by atoms with Crippen LogP contribution in [0.2, 0.25) is 0 Å². The minimum Gasteiger partial charge on any atom is -0.491 e. The molecule has 0 aliphatic heterocycles. The van der Waals surface area contributed by atoms with Crippen LogP contribution >= 0.6 is 0 Å². The topological polar surface area (TPSA) is 47.9 Å². The fourth-order valence-electron chi connectivity index (χ4n) is 2.93. The molecule has 4 heteroatoms. The Kier molecular flexibility index (Phi) is 5.40. The van der Waals surface area contributed by atoms with Crippen molar-refractivity contribution in [2.75, 3.05) is 27.4 Å². The van der Waals surface area contributed by atoms with Crippen LogP contribution in [-0.2, 0) is 15.1 Å². The maximum absolute atomic E-state index is 11.1. The third-order valence-electron chi connectivity index (χ3n) is 3.99. The molecule has 1 saturated carbocycles. The summed E-state index contributed by atoms with van der Waals surface area (Å²) in [6.45, 7) is 1.00. The van der Waals surface area contributed by atoms with Crippen molar-refractivity contribution in [2.45, 2.75) is 37.4 Å². The zero-order chi connectivity index (χ0) is 14.4. The van der Waals surface area contributed by atoms with Crippen molar-refractivity contribution in [3.8, 4) is 5.75 Å². The van der Waals surface area contributed by atoms with Gasteiger partial charge in [0.05, 0.1) is 12.7 Å². The second kappa shape index (κ2) is 7.07. The molecule has 0 radical (unpaired) electrons. The maximum Gasteiger partial charge on any atom is 0.125 e. The van der Waals surface area contributed by atoms with Crippen LogP contribution in [-0.4, -0.2) is 38.6 Å². The van der Waals surface area contributed by atoms with E-state index in [2.05, 4.69) is 0 Å². The summed E-state index contributed by atoms with van der Waals surface area (Å²) in [6.07, 6.45) is 3.50. The Morgan fingerprint density at radius 2 is 2.00 bits per heavy atom. The lowest BCUT2D eigenvalue weighted by molar-refractivity contribution is -0.123. The van der Waals surface area contributed by atoms with Gasteiger partial charge in [0.25, 0.3) is 0 Å². The van der Waals surface area contributed by atoms with Crippen molar-refractivity contribution in [3.05, 3.63) is 29.8 Å². The summed E-state index contributed by atoms with van der Waals surface area (Å²) in [4.78, 5) is 0. The molecule has 0 heterocycles. The van der Waals surface area contributed by atoms with Crippen LogP contribution in [0.15, 0.2) is 24.3 Å². The Morgan fingerprint density at radius 1 is 1.20 bits per heavy atom. The summed E-state index contributed by atoms with van der Waals surface area (Å²) in [5.74, 6) is 0.719. The molecule has 1 fully saturated rings. The molecule has 0 aromatic heterocycles. The first-order valence-corrected chi connectivity index (χ1v) is 7.19. The van der Waals surface area contributed by atoms with Gasteiger partial charge in [-0.25, -0.2) is 0 Å². The summed E-state index contributed by atoms with van der Waals surface area (Å²) in [5, 5.41) is 11.1. The highest BCUT2D eigenvalue weighted by atomic mass is 16.5. The number of rotatable bonds is 6. The minimum atomic E-state index is -0.962. The molecule has 1 aromatic carbocycles. The summed E-state index contributed by atoms with van der Waals surface area (Å²) >= 11 is 0. The van der Waals surface area contributed by atoms with E-state index in [1.54, 1.807) is 14.2 Å². The predicted molar refractivity (Wildman–Crippen MR) is 77.0 cm³/mol. The molecule has 1 aliphatic carbocycles. The molecule has 1 N–H and O–H groups in total. The quantitative estimate of drug-likeness (QED) is 0.813. The summed E-state index contributed by atoms with van der Waals surface area (Å²) < 4.78 is 16.3. The lowest BCUT2D eigenvalue weighted by Gasteiger charge is -2.40. The largest absolute Gasteiger partial charge is 0.491 e. The van der Waals surface area contributed by atoms with E-state index in [1.165, 1.54) is 0 Å². The van der Waals surface area contributed by atoms with Gasteiger partial charge in [-0.05, 0) is 18.9 Å². The van der Waals surface area contributed by atoms with Crippen molar-refractivity contribution in [3.63, 3.8) is 0 Å². The number of hydrogen-bond acceptors (Lipinski definition) is 4. The molecule has 20 heavy (non-hydrogen) atoms. The van der Waals surface area contributed by atoms with Crippen molar-refractivity contribution in [2.24, 2.45) is 0 Å². The molecule has 2 unspecified atom stereocenters. The standard InChI is InChI=1S/C16H24O4/c1-18-11-12-20-14-8-4-3-7-13(14)16(17)10-6-5-9-15(16)19-2/h3-4,7-8,15,17H,5-6,9-12H2,1-2H3. The first kappa shape index (κ1) is 15.3. The summed E-state index contributed by atoms with van der Waals surface area (Å²) in [6, 6.07) is 7.67. The highest BCUT2D eigenvalue weighted by Gasteiger charge is 2.42. The Balaban J connectivity index is 2.25. The first-order chi connectivity index (χ1) is 9.72. The molecule has 2 rings (SSSR count). The van der Waals surface area contributed by atoms with Gasteiger partial charge in [-0.15, -0.1) is 0 Å². The fourth-order valence-corrected chi connectivity index (χ4v) is 2.93. The third-order valence-corrected chi connectivity index (χ3v) is 3.99. The van der Waals surface area contributed by atoms with Crippen LogP contribution in [0, 0.1) is 0 Å². The molecule has 2 atom stereocenters. The highest BCUT2D eigenvalue weighted by Crippen LogP contribution is 2.42. The molecule has 1 aromatic rings. The van der Waals surface area contributed by atoms with Gasteiger partial charge in [-0.1, -0.05) is 31.0 Å². The second-order valence-electron chi connectivity index (χ2n) is 5.23. The van der Waals surface area contributed by atoms with Gasteiger partial charge >= 0.3 is 0 Å². The molecule has 0 bridgehead atoms. The monoisotopic (exact) mass is 280 g/mol. The molecule has 112 valence electrons. The second-order valence-corrected chi connectivity index (χ2v) is 5.23. The number of aliphatic hydroxyl groups is 1. The molecule has 0 spiro atoms. The van der Waals surface area contributed by atoms with E-state index in [9.17, 15) is 5.11 Å². The molecular weight excluding hydrogens is 256 g/mol. The van der Waals surface area contributed by atoms with E-state index < -0.39 is 5.60 Å². The van der Waals surface area contributed by atoms with E-state index in [0.717, 1.165) is 30.6 Å². The third kappa shape index (κ3) is 3.14. The van der Waals surface area contributed by atoms with E-state index in [-0.39, 0.29) is 6.10 Å². The number of benzene rings is 1. The lowest BCUT2D eigenvalue weighted by Crippen LogP contribution is -2.43. The highest BCUT2D eigenvalue weighted by molar-refractivity contribution is 5.39. The van der Waals surface area contributed by atoms with Crippen LogP contribution in [0.5, 0.6) is 5.75 Å². The lowest BCUT2D eigenvalue weighted by atomic mass is 9.77. The van der Waals surface area contributed by atoms with Crippen molar-refractivity contribution in [1.29, 1.82) is 0 Å². The van der Waals surface area contributed by atoms with Crippen molar-refractivity contribution >= 4 is 0 Å². The van der Waals surface area contributed by atoms with Crippen LogP contribution in [0.25, 0.3) is 0 Å². The summed E-state index contributed by atoms with van der Waals surface area (Å²) in [7, 11) is 3.31. The van der Waals surface area contributed by atoms with E-state index in [4.69, 9.17) is 14.2 Å². The van der Waals surface area contributed by atoms with Gasteiger partial charge in [-0.2, -0.15) is 0 Å². The van der Waals surface area contributed by atoms with Gasteiger partial charge < -0.3 is 19.3 Å². The van der Waals surface area contributed by atoms with Crippen LogP contribution < -0.4 is 4.74 Å². The molecule has 1 aliphatic rings. The van der Waals surface area contributed by atoms with Gasteiger partial charge in [-0.3, -0.25) is 0 Å². The fraction of sp³-hybridized carbons (Fsp3) is 0.625. The zero-order valence-electron chi connectivity index (χ0n) is 12.3. The van der Waals surface area contributed by atoms with E-state index in [1.807, 2.05) is 24.3 Å². The van der Waals surface area contributed by atoms with Crippen LogP contribution in [0.3, 0.4) is 0 Å². The van der Waals surface area contributed by atoms with Gasteiger partial charge in [0.2, 0.25) is 0 Å². The molecule has 0 saturated heterocycles. The smallest absolute Gasteiger partial charge is 0.125 e. The van der Waals surface area contributed by atoms with E-state index >= 15 is 0 Å². The van der Waals surface area contributed by atoms with Gasteiger partial charge in [0.1, 0.15) is 18.0 Å². The first-order valence-electron chi connectivity index (χ1n) is 7.19. The Hall–Kier alpha value is -1.10. The number of hydrogen-bond donors (Lipinski definition) is 1. The molecule has 4 nitrogen and oxygen atoms in total. The average Bonchev–Trinajstić information content (AvgIpc) is 2.48. The number of ether oxygens (including phenoxy) is 3. The Bertz CT molecular complexity index is 421. The van der Waals surface area contributed by atoms with Crippen molar-refractivity contribution < 1.29 is 19.3 Å². The molecule has 0 amide bonds. The number of para-hydroxylation sites is 1. The SMILES string of the molecule is COCCOc1ccccc1C1(O)CCCCC1OC. The Labute approximate surface area is 120 Å². The normalized spacial score (nSPS) is 26.4. The number of methoxy groups -OCH3 is 2. The maximum atomic E-state index is 11.1. The average molecular weight is 280 g/mol. The zero-order valence-corrected chi connectivity index (χ0v) is 12.3.